The van der Waals surface area contributed by atoms with E-state index in [9.17, 15) is 0 Å². The molecule has 4 nitrogen and oxygen atoms in total. The van der Waals surface area contributed by atoms with Gasteiger partial charge < -0.3 is 10.2 Å². The smallest absolute Gasteiger partial charge is 0.229 e. The van der Waals surface area contributed by atoms with Gasteiger partial charge in [0.25, 0.3) is 0 Å². The second-order valence-electron chi connectivity index (χ2n) is 7.29. The van der Waals surface area contributed by atoms with Crippen molar-refractivity contribution in [2.45, 2.75) is 39.5 Å². The first-order chi connectivity index (χ1) is 12.7. The Bertz CT molecular complexity index is 891. The maximum Gasteiger partial charge on any atom is 0.229 e. The molecule has 4 heteroatoms. The van der Waals surface area contributed by atoms with Crippen LogP contribution in [0.15, 0.2) is 42.5 Å². The zero-order valence-electron chi connectivity index (χ0n) is 15.6. The van der Waals surface area contributed by atoms with Gasteiger partial charge in [-0.1, -0.05) is 31.0 Å². The van der Waals surface area contributed by atoms with Crippen molar-refractivity contribution in [1.82, 2.24) is 9.97 Å². The van der Waals surface area contributed by atoms with Crippen molar-refractivity contribution in [3.05, 3.63) is 53.6 Å². The van der Waals surface area contributed by atoms with Gasteiger partial charge in [0, 0.05) is 24.2 Å². The van der Waals surface area contributed by atoms with E-state index in [0.29, 0.717) is 5.95 Å². The van der Waals surface area contributed by atoms with Gasteiger partial charge in [-0.2, -0.15) is 4.98 Å². The lowest BCUT2D eigenvalue weighted by Crippen LogP contribution is -2.25. The van der Waals surface area contributed by atoms with Crippen molar-refractivity contribution in [2.24, 2.45) is 0 Å². The highest BCUT2D eigenvalue weighted by Gasteiger charge is 2.16. The van der Waals surface area contributed by atoms with Crippen molar-refractivity contribution in [3.63, 3.8) is 0 Å². The molecule has 26 heavy (non-hydrogen) atoms. The van der Waals surface area contributed by atoms with Crippen molar-refractivity contribution in [1.29, 1.82) is 0 Å². The van der Waals surface area contributed by atoms with Crippen LogP contribution < -0.4 is 10.2 Å². The molecule has 1 aromatic heterocycles. The summed E-state index contributed by atoms with van der Waals surface area (Å²) in [6.45, 7) is 6.37. The molecule has 0 unspecified atom stereocenters. The molecule has 1 aliphatic rings. The molecule has 1 N–H and O–H groups in total. The number of fused-ring (bicyclic) bond motifs is 1. The minimum Gasteiger partial charge on any atom is -0.356 e. The molecule has 0 spiro atoms. The third kappa shape index (κ3) is 3.64. The van der Waals surface area contributed by atoms with Crippen LogP contribution in [0.25, 0.3) is 10.9 Å². The van der Waals surface area contributed by atoms with Gasteiger partial charge in [0.15, 0.2) is 0 Å². The molecule has 2 aromatic carbocycles. The zero-order valence-corrected chi connectivity index (χ0v) is 15.6. The lowest BCUT2D eigenvalue weighted by Gasteiger charge is -2.23. The normalized spacial score (nSPS) is 15.1. The molecule has 4 rings (SSSR count). The average molecular weight is 346 g/mol. The molecule has 134 valence electrons. The third-order valence-electron chi connectivity index (χ3n) is 4.97. The first-order valence-corrected chi connectivity index (χ1v) is 9.56. The van der Waals surface area contributed by atoms with Crippen LogP contribution in [0.1, 0.15) is 36.8 Å². The van der Waals surface area contributed by atoms with Crippen LogP contribution in [-0.4, -0.2) is 23.1 Å². The van der Waals surface area contributed by atoms with Crippen molar-refractivity contribution < 1.29 is 0 Å². The first-order valence-electron chi connectivity index (χ1n) is 9.56. The Morgan fingerprint density at radius 1 is 0.846 bits per heavy atom. The number of aryl methyl sites for hydroxylation is 2. The van der Waals surface area contributed by atoms with Gasteiger partial charge in [-0.15, -0.1) is 0 Å². The Balaban J connectivity index is 1.75. The number of anilines is 3. The van der Waals surface area contributed by atoms with Crippen LogP contribution >= 0.6 is 0 Å². The summed E-state index contributed by atoms with van der Waals surface area (Å²) in [6, 6.07) is 14.8. The molecule has 1 fully saturated rings. The van der Waals surface area contributed by atoms with Crippen molar-refractivity contribution >= 4 is 28.4 Å². The predicted octanol–water partition coefficient (Wildman–Crippen LogP) is 5.37. The van der Waals surface area contributed by atoms with E-state index in [1.165, 1.54) is 36.8 Å². The Kier molecular flexibility index (Phi) is 4.74. The van der Waals surface area contributed by atoms with Crippen molar-refractivity contribution in [2.75, 3.05) is 23.3 Å². The van der Waals surface area contributed by atoms with E-state index in [-0.39, 0.29) is 0 Å². The van der Waals surface area contributed by atoms with Crippen LogP contribution in [0, 0.1) is 13.8 Å². The number of hydrogen-bond acceptors (Lipinski definition) is 4. The van der Waals surface area contributed by atoms with Crippen LogP contribution in [0.5, 0.6) is 0 Å². The highest BCUT2D eigenvalue weighted by atomic mass is 15.2. The Morgan fingerprint density at radius 3 is 2.27 bits per heavy atom. The third-order valence-corrected chi connectivity index (χ3v) is 4.97. The average Bonchev–Trinajstić information content (AvgIpc) is 2.89. The largest absolute Gasteiger partial charge is 0.356 e. The van der Waals surface area contributed by atoms with Gasteiger partial charge in [0.2, 0.25) is 5.95 Å². The number of aromatic nitrogens is 2. The highest BCUT2D eigenvalue weighted by Crippen LogP contribution is 2.28. The summed E-state index contributed by atoms with van der Waals surface area (Å²) in [6.07, 6.45) is 5.09. The van der Waals surface area contributed by atoms with E-state index in [4.69, 9.17) is 9.97 Å². The molecule has 1 aliphatic heterocycles. The maximum absolute atomic E-state index is 4.92. The summed E-state index contributed by atoms with van der Waals surface area (Å²) in [4.78, 5) is 12.1. The van der Waals surface area contributed by atoms with Crippen LogP contribution in [0.2, 0.25) is 0 Å². The highest BCUT2D eigenvalue weighted by molar-refractivity contribution is 5.90. The summed E-state index contributed by atoms with van der Waals surface area (Å²) in [5.74, 6) is 1.73. The molecule has 3 aromatic rings. The maximum atomic E-state index is 4.92. The number of benzene rings is 2. The number of rotatable bonds is 3. The number of para-hydroxylation sites is 1. The molecule has 0 radical (unpaired) electrons. The van der Waals surface area contributed by atoms with Gasteiger partial charge >= 0.3 is 0 Å². The predicted molar refractivity (Wildman–Crippen MR) is 109 cm³/mol. The molecule has 0 bridgehead atoms. The molecular weight excluding hydrogens is 320 g/mol. The molecule has 2 heterocycles. The van der Waals surface area contributed by atoms with Gasteiger partial charge in [-0.3, -0.25) is 0 Å². The Labute approximate surface area is 155 Å². The molecule has 0 amide bonds. The minimum atomic E-state index is 0.674. The van der Waals surface area contributed by atoms with E-state index in [1.54, 1.807) is 0 Å². The van der Waals surface area contributed by atoms with E-state index < -0.39 is 0 Å². The van der Waals surface area contributed by atoms with E-state index >= 15 is 0 Å². The fourth-order valence-corrected chi connectivity index (χ4v) is 3.82. The second kappa shape index (κ2) is 7.32. The quantitative estimate of drug-likeness (QED) is 0.692. The standard InChI is InChI=1S/C22H26N4/c1-16-13-17(2)15-18(14-16)23-22-24-20-10-6-5-9-19(20)21(25-22)26-11-7-3-4-8-12-26/h5-6,9-10,13-15H,3-4,7-8,11-12H2,1-2H3,(H,23,24,25). The summed E-state index contributed by atoms with van der Waals surface area (Å²) >= 11 is 0. The SMILES string of the molecule is Cc1cc(C)cc(Nc2nc(N3CCCCCC3)c3ccccc3n2)c1. The van der Waals surface area contributed by atoms with E-state index in [2.05, 4.69) is 60.5 Å². The van der Waals surface area contributed by atoms with Crippen LogP contribution in [-0.2, 0) is 0 Å². The first kappa shape index (κ1) is 16.8. The molecule has 0 saturated carbocycles. The lowest BCUT2D eigenvalue weighted by atomic mass is 10.1. The molecule has 0 atom stereocenters. The van der Waals surface area contributed by atoms with Gasteiger partial charge in [-0.05, 0) is 62.1 Å². The second-order valence-corrected chi connectivity index (χ2v) is 7.29. The van der Waals surface area contributed by atoms with Crippen LogP contribution in [0.4, 0.5) is 17.5 Å². The summed E-state index contributed by atoms with van der Waals surface area (Å²) in [5, 5.41) is 4.56. The van der Waals surface area contributed by atoms with Crippen molar-refractivity contribution in [3.8, 4) is 0 Å². The fraction of sp³-hybridized carbons (Fsp3) is 0.364. The number of nitrogens with zero attached hydrogens (tertiary/aromatic N) is 3. The van der Waals surface area contributed by atoms with Gasteiger partial charge in [-0.25, -0.2) is 4.98 Å². The summed E-state index contributed by atoms with van der Waals surface area (Å²) in [7, 11) is 0. The minimum absolute atomic E-state index is 0.674. The zero-order chi connectivity index (χ0) is 17.9. The number of hydrogen-bond donors (Lipinski definition) is 1. The van der Waals surface area contributed by atoms with E-state index in [1.807, 2.05) is 6.07 Å². The molecule has 0 aliphatic carbocycles. The lowest BCUT2D eigenvalue weighted by molar-refractivity contribution is 0.726. The summed E-state index contributed by atoms with van der Waals surface area (Å²) in [5.41, 5.74) is 4.51. The molecule has 1 saturated heterocycles. The fourth-order valence-electron chi connectivity index (χ4n) is 3.82. The Hall–Kier alpha value is -2.62. The monoisotopic (exact) mass is 346 g/mol. The Morgan fingerprint density at radius 2 is 1.54 bits per heavy atom. The van der Waals surface area contributed by atoms with E-state index in [0.717, 1.165) is 35.5 Å². The topological polar surface area (TPSA) is 41.1 Å². The van der Waals surface area contributed by atoms with Gasteiger partial charge in [0.1, 0.15) is 5.82 Å². The van der Waals surface area contributed by atoms with Gasteiger partial charge in [0.05, 0.1) is 5.52 Å². The van der Waals surface area contributed by atoms with Crippen LogP contribution in [0.3, 0.4) is 0 Å². The summed E-state index contributed by atoms with van der Waals surface area (Å²) < 4.78 is 0. The molecular formula is C22H26N4. The number of nitrogens with one attached hydrogen (secondary N) is 1.